The minimum Gasteiger partial charge on any atom is -0.462 e. The number of carbonyl (C=O) groups excluding carboxylic acids is 1. The lowest BCUT2D eigenvalue weighted by molar-refractivity contribution is 0.0528. The van der Waals surface area contributed by atoms with Crippen LogP contribution in [0.3, 0.4) is 0 Å². The molecular weight excluding hydrogens is 378 g/mol. The van der Waals surface area contributed by atoms with Gasteiger partial charge in [-0.2, -0.15) is 5.10 Å². The summed E-state index contributed by atoms with van der Waals surface area (Å²) in [6.07, 6.45) is 2.98. The molecule has 28 heavy (non-hydrogen) atoms. The van der Waals surface area contributed by atoms with E-state index in [9.17, 15) is 13.2 Å². The standard InChI is InChI=1S/C20H17N3O4S/c1-2-27-20(24)18-13-21-23-10-9-16(12-19(18)23)22-28(25,26)17-8-7-14-5-3-4-6-15(14)11-17/h3-13,22H,2H2,1H3. The Kier molecular flexibility index (Phi) is 4.48. The average molecular weight is 395 g/mol. The first-order valence-electron chi connectivity index (χ1n) is 8.64. The molecule has 0 spiro atoms. The summed E-state index contributed by atoms with van der Waals surface area (Å²) >= 11 is 0. The minimum absolute atomic E-state index is 0.158. The number of carbonyl (C=O) groups is 1. The molecule has 4 aromatic rings. The molecule has 4 rings (SSSR count). The molecule has 0 bridgehead atoms. The quantitative estimate of drug-likeness (QED) is 0.523. The van der Waals surface area contributed by atoms with Crippen molar-refractivity contribution in [3.05, 3.63) is 72.6 Å². The van der Waals surface area contributed by atoms with Gasteiger partial charge in [-0.25, -0.2) is 17.7 Å². The third-order valence-corrected chi connectivity index (χ3v) is 5.68. The molecule has 0 saturated heterocycles. The molecule has 0 unspecified atom stereocenters. The number of hydrogen-bond acceptors (Lipinski definition) is 5. The Bertz CT molecular complexity index is 1300. The molecule has 8 heteroatoms. The predicted molar refractivity (Wildman–Crippen MR) is 106 cm³/mol. The Hall–Kier alpha value is -3.39. The van der Waals surface area contributed by atoms with Gasteiger partial charge in [-0.05, 0) is 42.0 Å². The Morgan fingerprint density at radius 1 is 1.11 bits per heavy atom. The van der Waals surface area contributed by atoms with Crippen molar-refractivity contribution in [2.24, 2.45) is 0 Å². The number of nitrogens with one attached hydrogen (secondary N) is 1. The summed E-state index contributed by atoms with van der Waals surface area (Å²) in [5.41, 5.74) is 1.05. The van der Waals surface area contributed by atoms with Gasteiger partial charge in [0, 0.05) is 6.20 Å². The highest BCUT2D eigenvalue weighted by Crippen LogP contribution is 2.23. The topological polar surface area (TPSA) is 89.8 Å². The molecule has 142 valence electrons. The largest absolute Gasteiger partial charge is 0.462 e. The summed E-state index contributed by atoms with van der Waals surface area (Å²) in [7, 11) is -3.80. The minimum atomic E-state index is -3.80. The van der Waals surface area contributed by atoms with E-state index >= 15 is 0 Å². The van der Waals surface area contributed by atoms with Crippen molar-refractivity contribution >= 4 is 38.0 Å². The molecule has 0 aliphatic carbocycles. The molecule has 0 fully saturated rings. The number of benzene rings is 2. The van der Waals surface area contributed by atoms with Crippen LogP contribution in [0.2, 0.25) is 0 Å². The molecule has 2 aromatic heterocycles. The summed E-state index contributed by atoms with van der Waals surface area (Å²) < 4.78 is 34.7. The van der Waals surface area contributed by atoms with Gasteiger partial charge in [-0.15, -0.1) is 0 Å². The van der Waals surface area contributed by atoms with Gasteiger partial charge in [0.2, 0.25) is 0 Å². The van der Waals surface area contributed by atoms with Crippen LogP contribution in [-0.4, -0.2) is 30.6 Å². The van der Waals surface area contributed by atoms with Crippen LogP contribution in [0.4, 0.5) is 5.69 Å². The number of pyridine rings is 1. The summed E-state index contributed by atoms with van der Waals surface area (Å²) in [6, 6.07) is 15.6. The number of ether oxygens (including phenoxy) is 1. The lowest BCUT2D eigenvalue weighted by atomic mass is 10.1. The monoisotopic (exact) mass is 395 g/mol. The molecule has 0 aliphatic heterocycles. The highest BCUT2D eigenvalue weighted by molar-refractivity contribution is 7.92. The fourth-order valence-electron chi connectivity index (χ4n) is 2.96. The number of aromatic nitrogens is 2. The third kappa shape index (κ3) is 3.29. The maximum Gasteiger partial charge on any atom is 0.341 e. The molecule has 0 saturated carbocycles. The van der Waals surface area contributed by atoms with Crippen molar-refractivity contribution in [1.29, 1.82) is 0 Å². The van der Waals surface area contributed by atoms with Gasteiger partial charge in [0.25, 0.3) is 10.0 Å². The van der Waals surface area contributed by atoms with Gasteiger partial charge in [0.05, 0.1) is 28.9 Å². The van der Waals surface area contributed by atoms with E-state index < -0.39 is 16.0 Å². The maximum absolute atomic E-state index is 12.8. The number of sulfonamides is 1. The highest BCUT2D eigenvalue weighted by Gasteiger charge is 2.17. The second kappa shape index (κ2) is 6.97. The second-order valence-corrected chi connectivity index (χ2v) is 7.82. The van der Waals surface area contributed by atoms with E-state index in [1.165, 1.54) is 10.7 Å². The lowest BCUT2D eigenvalue weighted by Crippen LogP contribution is -2.13. The zero-order chi connectivity index (χ0) is 19.7. The van der Waals surface area contributed by atoms with Gasteiger partial charge in [-0.3, -0.25) is 4.72 Å². The Balaban J connectivity index is 1.69. The van der Waals surface area contributed by atoms with Crippen LogP contribution in [0.1, 0.15) is 17.3 Å². The highest BCUT2D eigenvalue weighted by atomic mass is 32.2. The third-order valence-electron chi connectivity index (χ3n) is 4.30. The van der Waals surface area contributed by atoms with E-state index in [0.717, 1.165) is 10.8 Å². The van der Waals surface area contributed by atoms with Crippen molar-refractivity contribution in [2.75, 3.05) is 11.3 Å². The van der Waals surface area contributed by atoms with Crippen molar-refractivity contribution in [1.82, 2.24) is 9.61 Å². The van der Waals surface area contributed by atoms with E-state index in [1.54, 1.807) is 43.5 Å². The smallest absolute Gasteiger partial charge is 0.341 e. The molecule has 7 nitrogen and oxygen atoms in total. The summed E-state index contributed by atoms with van der Waals surface area (Å²) in [5.74, 6) is -0.507. The Labute approximate surface area is 161 Å². The second-order valence-electron chi connectivity index (χ2n) is 6.14. The predicted octanol–water partition coefficient (Wildman–Crippen LogP) is 3.47. The van der Waals surface area contributed by atoms with E-state index in [1.807, 2.05) is 24.3 Å². The van der Waals surface area contributed by atoms with Gasteiger partial charge in [-0.1, -0.05) is 30.3 Å². The van der Waals surface area contributed by atoms with E-state index in [-0.39, 0.29) is 17.1 Å². The average Bonchev–Trinajstić information content (AvgIpc) is 3.11. The number of fused-ring (bicyclic) bond motifs is 2. The first-order valence-corrected chi connectivity index (χ1v) is 10.1. The first-order chi connectivity index (χ1) is 13.5. The van der Waals surface area contributed by atoms with Crippen LogP contribution in [-0.2, 0) is 14.8 Å². The fraction of sp³-hybridized carbons (Fsp3) is 0.100. The molecule has 0 atom stereocenters. The van der Waals surface area contributed by atoms with Gasteiger partial charge in [0.1, 0.15) is 5.56 Å². The summed E-state index contributed by atoms with van der Waals surface area (Å²) in [5, 5.41) is 5.88. The number of esters is 1. The Morgan fingerprint density at radius 2 is 1.89 bits per heavy atom. The molecule has 1 N–H and O–H groups in total. The number of hydrogen-bond donors (Lipinski definition) is 1. The number of anilines is 1. The van der Waals surface area contributed by atoms with Crippen molar-refractivity contribution in [3.63, 3.8) is 0 Å². The van der Waals surface area contributed by atoms with Crippen molar-refractivity contribution in [3.8, 4) is 0 Å². The van der Waals surface area contributed by atoms with Crippen molar-refractivity contribution < 1.29 is 17.9 Å². The van der Waals surface area contributed by atoms with Crippen LogP contribution in [0.5, 0.6) is 0 Å². The summed E-state index contributed by atoms with van der Waals surface area (Å²) in [6.45, 7) is 1.96. The van der Waals surface area contributed by atoms with Crippen LogP contribution in [0.25, 0.3) is 16.3 Å². The first kappa shape index (κ1) is 18.0. The fourth-order valence-corrected chi connectivity index (χ4v) is 4.04. The Morgan fingerprint density at radius 3 is 2.68 bits per heavy atom. The molecule has 2 aromatic carbocycles. The van der Waals surface area contributed by atoms with Gasteiger partial charge < -0.3 is 4.74 Å². The number of nitrogens with zero attached hydrogens (tertiary/aromatic N) is 2. The zero-order valence-electron chi connectivity index (χ0n) is 15.0. The SMILES string of the molecule is CCOC(=O)c1cnn2ccc(NS(=O)(=O)c3ccc4ccccc4c3)cc12. The number of rotatable bonds is 5. The van der Waals surface area contributed by atoms with Crippen LogP contribution >= 0.6 is 0 Å². The van der Waals surface area contributed by atoms with E-state index in [0.29, 0.717) is 11.2 Å². The van der Waals surface area contributed by atoms with Crippen LogP contribution in [0.15, 0.2) is 71.9 Å². The maximum atomic E-state index is 12.8. The van der Waals surface area contributed by atoms with Crippen LogP contribution < -0.4 is 4.72 Å². The van der Waals surface area contributed by atoms with E-state index in [4.69, 9.17) is 4.74 Å². The van der Waals surface area contributed by atoms with Gasteiger partial charge in [0.15, 0.2) is 0 Å². The van der Waals surface area contributed by atoms with E-state index in [2.05, 4.69) is 9.82 Å². The molecule has 2 heterocycles. The van der Waals surface area contributed by atoms with Gasteiger partial charge >= 0.3 is 5.97 Å². The normalized spacial score (nSPS) is 11.6. The summed E-state index contributed by atoms with van der Waals surface area (Å²) in [4.78, 5) is 12.2. The molecule has 0 amide bonds. The zero-order valence-corrected chi connectivity index (χ0v) is 15.8. The van der Waals surface area contributed by atoms with Crippen LogP contribution in [0, 0.1) is 0 Å². The lowest BCUT2D eigenvalue weighted by Gasteiger charge is -2.10. The molecular formula is C20H17N3O4S. The molecule has 0 aliphatic rings. The molecule has 0 radical (unpaired) electrons. The van der Waals surface area contributed by atoms with Crippen molar-refractivity contribution in [2.45, 2.75) is 11.8 Å².